The molecule has 0 radical (unpaired) electrons. The Labute approximate surface area is 137 Å². The van der Waals surface area contributed by atoms with Crippen molar-refractivity contribution in [2.45, 2.75) is 20.4 Å². The van der Waals surface area contributed by atoms with Gasteiger partial charge in [0.05, 0.1) is 23.1 Å². The molecule has 0 saturated heterocycles. The molecule has 24 heavy (non-hydrogen) atoms. The first-order chi connectivity index (χ1) is 11.6. The van der Waals surface area contributed by atoms with Crippen LogP contribution >= 0.6 is 0 Å². The van der Waals surface area contributed by atoms with Crippen molar-refractivity contribution in [1.29, 1.82) is 0 Å². The second-order valence-electron chi connectivity index (χ2n) is 5.73. The SMILES string of the molecule is Cc1noc(C)c1-c1cnc2ccn(Cc3ccc(F)cc3)c2n1. The third kappa shape index (κ3) is 2.46. The monoisotopic (exact) mass is 322 g/mol. The zero-order chi connectivity index (χ0) is 16.7. The Morgan fingerprint density at radius 1 is 1.12 bits per heavy atom. The van der Waals surface area contributed by atoms with E-state index in [-0.39, 0.29) is 5.82 Å². The van der Waals surface area contributed by atoms with Crippen LogP contribution < -0.4 is 0 Å². The molecule has 0 bridgehead atoms. The molecule has 0 atom stereocenters. The first kappa shape index (κ1) is 14.6. The summed E-state index contributed by atoms with van der Waals surface area (Å²) in [6.45, 7) is 4.34. The predicted molar refractivity (Wildman–Crippen MR) is 88.0 cm³/mol. The summed E-state index contributed by atoms with van der Waals surface area (Å²) in [5, 5.41) is 3.97. The van der Waals surface area contributed by atoms with E-state index in [1.165, 1.54) is 12.1 Å². The minimum atomic E-state index is -0.239. The molecule has 120 valence electrons. The normalized spacial score (nSPS) is 11.3. The maximum absolute atomic E-state index is 13.1. The minimum absolute atomic E-state index is 0.239. The van der Waals surface area contributed by atoms with Crippen molar-refractivity contribution >= 4 is 11.2 Å². The van der Waals surface area contributed by atoms with E-state index in [0.29, 0.717) is 6.54 Å². The van der Waals surface area contributed by atoms with Crippen molar-refractivity contribution < 1.29 is 8.91 Å². The summed E-state index contributed by atoms with van der Waals surface area (Å²) in [6.07, 6.45) is 3.67. The lowest BCUT2D eigenvalue weighted by Gasteiger charge is -2.06. The molecule has 0 aliphatic heterocycles. The number of aromatic nitrogens is 4. The van der Waals surface area contributed by atoms with Gasteiger partial charge >= 0.3 is 0 Å². The van der Waals surface area contributed by atoms with Crippen LogP contribution in [0, 0.1) is 19.7 Å². The fourth-order valence-electron chi connectivity index (χ4n) is 2.83. The van der Waals surface area contributed by atoms with Crippen molar-refractivity contribution in [3.63, 3.8) is 0 Å². The number of fused-ring (bicyclic) bond motifs is 1. The van der Waals surface area contributed by atoms with Gasteiger partial charge in [0.2, 0.25) is 0 Å². The van der Waals surface area contributed by atoms with Crippen LogP contribution in [0.2, 0.25) is 0 Å². The van der Waals surface area contributed by atoms with E-state index in [0.717, 1.165) is 39.4 Å². The second kappa shape index (κ2) is 5.56. The molecule has 0 fully saturated rings. The highest BCUT2D eigenvalue weighted by Gasteiger charge is 2.15. The summed E-state index contributed by atoms with van der Waals surface area (Å²) in [7, 11) is 0. The molecule has 0 unspecified atom stereocenters. The predicted octanol–water partition coefficient (Wildman–Crippen LogP) is 3.89. The van der Waals surface area contributed by atoms with Crippen LogP contribution in [-0.2, 0) is 6.54 Å². The molecule has 6 heteroatoms. The van der Waals surface area contributed by atoms with Crippen LogP contribution in [-0.4, -0.2) is 19.7 Å². The quantitative estimate of drug-likeness (QED) is 0.574. The van der Waals surface area contributed by atoms with E-state index in [1.807, 2.05) is 30.7 Å². The highest BCUT2D eigenvalue weighted by molar-refractivity contribution is 5.75. The molecular weight excluding hydrogens is 307 g/mol. The highest BCUT2D eigenvalue weighted by atomic mass is 19.1. The van der Waals surface area contributed by atoms with Crippen molar-refractivity contribution in [2.24, 2.45) is 0 Å². The number of nitrogens with zero attached hydrogens (tertiary/aromatic N) is 4. The lowest BCUT2D eigenvalue weighted by molar-refractivity contribution is 0.393. The summed E-state index contributed by atoms with van der Waals surface area (Å²) in [5.74, 6) is 0.481. The first-order valence-electron chi connectivity index (χ1n) is 7.61. The smallest absolute Gasteiger partial charge is 0.159 e. The van der Waals surface area contributed by atoms with E-state index in [2.05, 4.69) is 10.1 Å². The maximum Gasteiger partial charge on any atom is 0.159 e. The molecular formula is C18H15FN4O. The van der Waals surface area contributed by atoms with Gasteiger partial charge in [-0.1, -0.05) is 17.3 Å². The Kier molecular flexibility index (Phi) is 3.37. The fraction of sp³-hybridized carbons (Fsp3) is 0.167. The lowest BCUT2D eigenvalue weighted by Crippen LogP contribution is -2.00. The third-order valence-corrected chi connectivity index (χ3v) is 4.02. The number of benzene rings is 1. The summed E-state index contributed by atoms with van der Waals surface area (Å²) >= 11 is 0. The molecule has 3 aromatic heterocycles. The molecule has 0 aliphatic rings. The molecule has 0 saturated carbocycles. The summed E-state index contributed by atoms with van der Waals surface area (Å²) < 4.78 is 20.3. The van der Waals surface area contributed by atoms with Gasteiger partial charge in [0.25, 0.3) is 0 Å². The average molecular weight is 322 g/mol. The van der Waals surface area contributed by atoms with Crippen molar-refractivity contribution in [2.75, 3.05) is 0 Å². The largest absolute Gasteiger partial charge is 0.361 e. The topological polar surface area (TPSA) is 56.7 Å². The Bertz CT molecular complexity index is 998. The van der Waals surface area contributed by atoms with Gasteiger partial charge in [0, 0.05) is 12.7 Å². The number of hydrogen-bond acceptors (Lipinski definition) is 4. The van der Waals surface area contributed by atoms with Gasteiger partial charge in [-0.25, -0.2) is 9.37 Å². The maximum atomic E-state index is 13.1. The van der Waals surface area contributed by atoms with Gasteiger partial charge in [-0.05, 0) is 37.6 Å². The summed E-state index contributed by atoms with van der Waals surface area (Å²) in [4.78, 5) is 9.22. The highest BCUT2D eigenvalue weighted by Crippen LogP contribution is 2.26. The van der Waals surface area contributed by atoms with Crippen molar-refractivity contribution in [3.8, 4) is 11.3 Å². The van der Waals surface area contributed by atoms with Crippen LogP contribution in [0.25, 0.3) is 22.4 Å². The van der Waals surface area contributed by atoms with E-state index >= 15 is 0 Å². The van der Waals surface area contributed by atoms with Crippen molar-refractivity contribution in [1.82, 2.24) is 19.7 Å². The van der Waals surface area contributed by atoms with Gasteiger partial charge < -0.3 is 9.09 Å². The lowest BCUT2D eigenvalue weighted by atomic mass is 10.1. The Morgan fingerprint density at radius 3 is 2.62 bits per heavy atom. The molecule has 4 rings (SSSR count). The van der Waals surface area contributed by atoms with Gasteiger partial charge in [-0.15, -0.1) is 0 Å². The summed E-state index contributed by atoms with van der Waals surface area (Å²) in [5.41, 5.74) is 4.98. The molecule has 0 spiro atoms. The van der Waals surface area contributed by atoms with Crippen LogP contribution in [0.1, 0.15) is 17.0 Å². The first-order valence-corrected chi connectivity index (χ1v) is 7.61. The molecule has 5 nitrogen and oxygen atoms in total. The van der Waals surface area contributed by atoms with E-state index in [9.17, 15) is 4.39 Å². The van der Waals surface area contributed by atoms with Gasteiger partial charge in [0.1, 0.15) is 17.1 Å². The number of aryl methyl sites for hydroxylation is 2. The zero-order valence-corrected chi connectivity index (χ0v) is 13.3. The van der Waals surface area contributed by atoms with Crippen LogP contribution in [0.15, 0.2) is 47.2 Å². The Hall–Kier alpha value is -3.02. The molecule has 0 N–H and O–H groups in total. The standard InChI is InChI=1S/C18H15FN4O/c1-11-17(12(2)24-22-11)16-9-20-15-7-8-23(18(15)21-16)10-13-3-5-14(19)6-4-13/h3-9H,10H2,1-2H3. The van der Waals surface area contributed by atoms with Crippen molar-refractivity contribution in [3.05, 3.63) is 65.6 Å². The van der Waals surface area contributed by atoms with Gasteiger partial charge in [-0.2, -0.15) is 0 Å². The van der Waals surface area contributed by atoms with Gasteiger partial charge in [0.15, 0.2) is 5.65 Å². The van der Waals surface area contributed by atoms with Crippen LogP contribution in [0.4, 0.5) is 4.39 Å². The summed E-state index contributed by atoms with van der Waals surface area (Å²) in [6, 6.07) is 8.38. The van der Waals surface area contributed by atoms with Gasteiger partial charge in [-0.3, -0.25) is 4.98 Å². The average Bonchev–Trinajstić information content (AvgIpc) is 3.13. The Morgan fingerprint density at radius 2 is 1.92 bits per heavy atom. The van der Waals surface area contributed by atoms with E-state index in [4.69, 9.17) is 9.51 Å². The third-order valence-electron chi connectivity index (χ3n) is 4.02. The molecule has 0 amide bonds. The molecule has 3 heterocycles. The van der Waals surface area contributed by atoms with Crippen LogP contribution in [0.5, 0.6) is 0 Å². The number of hydrogen-bond donors (Lipinski definition) is 0. The fourth-order valence-corrected chi connectivity index (χ4v) is 2.83. The number of rotatable bonds is 3. The minimum Gasteiger partial charge on any atom is -0.361 e. The zero-order valence-electron chi connectivity index (χ0n) is 13.3. The van der Waals surface area contributed by atoms with E-state index < -0.39 is 0 Å². The molecule has 0 aliphatic carbocycles. The van der Waals surface area contributed by atoms with E-state index in [1.54, 1.807) is 18.3 Å². The Balaban J connectivity index is 1.77. The van der Waals surface area contributed by atoms with Crippen LogP contribution in [0.3, 0.4) is 0 Å². The second-order valence-corrected chi connectivity index (χ2v) is 5.73. The number of halogens is 1. The molecule has 4 aromatic rings. The molecule has 1 aromatic carbocycles.